The lowest BCUT2D eigenvalue weighted by molar-refractivity contribution is -0.637. The zero-order valence-electron chi connectivity index (χ0n) is 21.4. The van der Waals surface area contributed by atoms with Gasteiger partial charge in [0.05, 0.1) is 5.39 Å². The standard InChI is InChI=1S/C35H22NO3/c1-19-11-14-24-23-9-5-6-10-28(23)38-33(24)31(19)35-36(2)27-15-16-29-32(34(27)39-35)26-18-25-21(17-30(26)37-29)13-12-20-7-3-4-8-22(20)25/h3-18H,1-2H3/q+1. The number of oxazole rings is 1. The molecule has 9 aromatic rings. The van der Waals surface area contributed by atoms with Gasteiger partial charge in [-0.3, -0.25) is 0 Å². The van der Waals surface area contributed by atoms with Gasteiger partial charge in [-0.15, -0.1) is 0 Å². The lowest BCUT2D eigenvalue weighted by atomic mass is 10.00. The molecule has 0 saturated heterocycles. The summed E-state index contributed by atoms with van der Waals surface area (Å²) in [6.45, 7) is 2.11. The monoisotopic (exact) mass is 504 g/mol. The highest BCUT2D eigenvalue weighted by Crippen LogP contribution is 2.41. The second-order valence-corrected chi connectivity index (χ2v) is 10.4. The molecule has 0 fully saturated rings. The summed E-state index contributed by atoms with van der Waals surface area (Å²) in [7, 11) is 2.05. The van der Waals surface area contributed by atoms with Crippen molar-refractivity contribution >= 4 is 76.5 Å². The smallest absolute Gasteiger partial charge is 0.385 e. The maximum atomic E-state index is 6.79. The average molecular weight is 505 g/mol. The van der Waals surface area contributed by atoms with Crippen molar-refractivity contribution in [2.24, 2.45) is 7.05 Å². The van der Waals surface area contributed by atoms with Crippen molar-refractivity contribution in [2.75, 3.05) is 0 Å². The Kier molecular flexibility index (Phi) is 3.90. The van der Waals surface area contributed by atoms with E-state index in [9.17, 15) is 0 Å². The van der Waals surface area contributed by atoms with Crippen molar-refractivity contribution in [3.63, 3.8) is 0 Å². The third-order valence-corrected chi connectivity index (χ3v) is 8.27. The van der Waals surface area contributed by atoms with E-state index in [-0.39, 0.29) is 0 Å². The van der Waals surface area contributed by atoms with Crippen molar-refractivity contribution in [3.8, 4) is 11.5 Å². The minimum Gasteiger partial charge on any atom is -0.456 e. The van der Waals surface area contributed by atoms with Crippen LogP contribution in [0.25, 0.3) is 88.0 Å². The SMILES string of the molecule is Cc1ccc2c(oc3ccccc32)c1-c1oc2c3c(ccc2[n+]1C)oc1cc2ccc4ccccc4c2cc13. The van der Waals surface area contributed by atoms with E-state index < -0.39 is 0 Å². The maximum absolute atomic E-state index is 6.79. The van der Waals surface area contributed by atoms with Gasteiger partial charge in [0.1, 0.15) is 29.4 Å². The Bertz CT molecular complexity index is 2470. The largest absolute Gasteiger partial charge is 0.456 e. The molecule has 4 nitrogen and oxygen atoms in total. The summed E-state index contributed by atoms with van der Waals surface area (Å²) >= 11 is 0. The zero-order valence-corrected chi connectivity index (χ0v) is 21.4. The van der Waals surface area contributed by atoms with Crippen LogP contribution in [0.4, 0.5) is 0 Å². The molecule has 0 aliphatic rings. The van der Waals surface area contributed by atoms with Gasteiger partial charge in [0.25, 0.3) is 5.52 Å². The molecule has 4 heteroatoms. The first-order valence-electron chi connectivity index (χ1n) is 13.2. The number of para-hydroxylation sites is 1. The van der Waals surface area contributed by atoms with E-state index in [0.717, 1.165) is 77.4 Å². The Morgan fingerprint density at radius 3 is 2.28 bits per heavy atom. The van der Waals surface area contributed by atoms with Crippen LogP contribution in [0.3, 0.4) is 0 Å². The predicted molar refractivity (Wildman–Crippen MR) is 157 cm³/mol. The quantitative estimate of drug-likeness (QED) is 0.165. The molecule has 0 N–H and O–H groups in total. The minimum atomic E-state index is 0.764. The fourth-order valence-corrected chi connectivity index (χ4v) is 6.34. The second kappa shape index (κ2) is 7.27. The fraction of sp³-hybridized carbons (Fsp3) is 0.0571. The van der Waals surface area contributed by atoms with Gasteiger partial charge in [-0.1, -0.05) is 66.7 Å². The molecule has 0 aliphatic heterocycles. The van der Waals surface area contributed by atoms with Crippen LogP contribution in [0.1, 0.15) is 5.56 Å². The molecule has 0 aliphatic carbocycles. The topological polar surface area (TPSA) is 43.3 Å². The number of benzene rings is 6. The highest BCUT2D eigenvalue weighted by Gasteiger charge is 2.29. The van der Waals surface area contributed by atoms with Gasteiger partial charge in [-0.05, 0) is 58.3 Å². The lowest BCUT2D eigenvalue weighted by Crippen LogP contribution is -2.28. The van der Waals surface area contributed by atoms with E-state index in [1.807, 2.05) is 24.3 Å². The number of nitrogens with zero attached hydrogens (tertiary/aromatic N) is 1. The molecule has 184 valence electrons. The number of rotatable bonds is 1. The molecule has 0 bridgehead atoms. The van der Waals surface area contributed by atoms with E-state index in [1.165, 1.54) is 16.2 Å². The van der Waals surface area contributed by atoms with E-state index in [0.29, 0.717) is 0 Å². The highest BCUT2D eigenvalue weighted by molar-refractivity contribution is 6.21. The van der Waals surface area contributed by atoms with Crippen LogP contribution in [0.5, 0.6) is 0 Å². The average Bonchev–Trinajstić information content (AvgIpc) is 3.62. The Labute approximate surface area is 222 Å². The van der Waals surface area contributed by atoms with Gasteiger partial charge < -0.3 is 13.3 Å². The summed E-state index contributed by atoms with van der Waals surface area (Å²) in [5, 5.41) is 9.07. The van der Waals surface area contributed by atoms with Crippen molar-refractivity contribution in [2.45, 2.75) is 6.92 Å². The minimum absolute atomic E-state index is 0.764. The van der Waals surface area contributed by atoms with Crippen molar-refractivity contribution < 1.29 is 17.8 Å². The molecule has 3 heterocycles. The third kappa shape index (κ3) is 2.70. The Morgan fingerprint density at radius 2 is 1.36 bits per heavy atom. The molecule has 0 atom stereocenters. The summed E-state index contributed by atoms with van der Waals surface area (Å²) < 4.78 is 21.7. The number of aryl methyl sites for hydroxylation is 2. The molecular weight excluding hydrogens is 482 g/mol. The van der Waals surface area contributed by atoms with E-state index in [1.54, 1.807) is 0 Å². The second-order valence-electron chi connectivity index (χ2n) is 10.4. The van der Waals surface area contributed by atoms with Crippen LogP contribution in [0, 0.1) is 6.92 Å². The number of hydrogen-bond acceptors (Lipinski definition) is 3. The Hall–Kier alpha value is -5.09. The van der Waals surface area contributed by atoms with Gasteiger partial charge in [0.2, 0.25) is 5.58 Å². The molecule has 9 rings (SSSR count). The molecule has 3 aromatic heterocycles. The summed E-state index contributed by atoms with van der Waals surface area (Å²) in [5.41, 5.74) is 7.29. The molecule has 0 saturated carbocycles. The first-order chi connectivity index (χ1) is 19.2. The highest BCUT2D eigenvalue weighted by atomic mass is 16.4. The van der Waals surface area contributed by atoms with Crippen LogP contribution in [0.2, 0.25) is 0 Å². The predicted octanol–water partition coefficient (Wildman–Crippen LogP) is 9.34. The number of hydrogen-bond donors (Lipinski definition) is 0. The zero-order chi connectivity index (χ0) is 25.8. The summed E-state index contributed by atoms with van der Waals surface area (Å²) in [6, 6.07) is 33.8. The van der Waals surface area contributed by atoms with Crippen molar-refractivity contribution in [1.29, 1.82) is 0 Å². The molecule has 39 heavy (non-hydrogen) atoms. The van der Waals surface area contributed by atoms with E-state index >= 15 is 0 Å². The van der Waals surface area contributed by atoms with Crippen LogP contribution >= 0.6 is 0 Å². The van der Waals surface area contributed by atoms with Gasteiger partial charge in [-0.2, -0.15) is 4.57 Å². The van der Waals surface area contributed by atoms with Gasteiger partial charge >= 0.3 is 5.89 Å². The Balaban J connectivity index is 1.40. The van der Waals surface area contributed by atoms with E-state index in [4.69, 9.17) is 13.3 Å². The Morgan fingerprint density at radius 1 is 0.538 bits per heavy atom. The number of aromatic nitrogens is 1. The van der Waals surface area contributed by atoms with Crippen molar-refractivity contribution in [3.05, 3.63) is 103 Å². The summed E-state index contributed by atoms with van der Waals surface area (Å²) in [4.78, 5) is 0. The van der Waals surface area contributed by atoms with E-state index in [2.05, 4.69) is 91.3 Å². The number of furan rings is 2. The summed E-state index contributed by atoms with van der Waals surface area (Å²) in [6.07, 6.45) is 0. The van der Waals surface area contributed by atoms with Crippen LogP contribution in [-0.2, 0) is 7.05 Å². The van der Waals surface area contributed by atoms with Crippen molar-refractivity contribution in [1.82, 2.24) is 0 Å². The van der Waals surface area contributed by atoms with Crippen LogP contribution in [0.15, 0.2) is 110 Å². The molecule has 0 radical (unpaired) electrons. The van der Waals surface area contributed by atoms with Gasteiger partial charge in [-0.25, -0.2) is 0 Å². The maximum Gasteiger partial charge on any atom is 0.385 e. The first kappa shape index (κ1) is 20.9. The molecule has 0 unspecified atom stereocenters. The molecular formula is C35H22NO3+. The fourth-order valence-electron chi connectivity index (χ4n) is 6.34. The van der Waals surface area contributed by atoms with Gasteiger partial charge in [0.15, 0.2) is 5.58 Å². The third-order valence-electron chi connectivity index (χ3n) is 8.27. The molecule has 6 aromatic carbocycles. The lowest BCUT2D eigenvalue weighted by Gasteiger charge is -2.03. The van der Waals surface area contributed by atoms with Crippen LogP contribution < -0.4 is 4.57 Å². The molecule has 0 amide bonds. The molecule has 0 spiro atoms. The number of fused-ring (bicyclic) bond motifs is 11. The summed E-state index contributed by atoms with van der Waals surface area (Å²) in [5.74, 6) is 0.764. The van der Waals surface area contributed by atoms with Crippen LogP contribution in [-0.4, -0.2) is 0 Å². The van der Waals surface area contributed by atoms with Gasteiger partial charge in [0, 0.05) is 22.2 Å². The first-order valence-corrected chi connectivity index (χ1v) is 13.2. The normalized spacial score (nSPS) is 12.4.